The standard InChI is InChI=1S/C34H22S/c1-3-15-25-23(11-1)13-9-19-27(25)33(28-20-10-14-24-12-2-4-16-26(24)28)34-29-17-5-7-21-31(29)35-32-22-8-6-18-30(32)34/h1-22H. The van der Waals surface area contributed by atoms with Crippen LogP contribution in [0.25, 0.3) is 32.7 Å². The molecule has 1 heteroatoms. The van der Waals surface area contributed by atoms with Crippen molar-refractivity contribution in [3.05, 3.63) is 156 Å². The Morgan fingerprint density at radius 2 is 0.829 bits per heavy atom. The van der Waals surface area contributed by atoms with E-state index in [-0.39, 0.29) is 0 Å². The van der Waals surface area contributed by atoms with Crippen molar-refractivity contribution in [3.8, 4) is 0 Å². The van der Waals surface area contributed by atoms with Crippen LogP contribution in [0.4, 0.5) is 0 Å². The van der Waals surface area contributed by atoms with Crippen LogP contribution in [0.5, 0.6) is 0 Å². The van der Waals surface area contributed by atoms with Crippen molar-refractivity contribution in [2.24, 2.45) is 0 Å². The molecular weight excluding hydrogens is 440 g/mol. The lowest BCUT2D eigenvalue weighted by molar-refractivity contribution is 1.29. The summed E-state index contributed by atoms with van der Waals surface area (Å²) in [5.41, 5.74) is 7.73. The number of rotatable bonds is 2. The van der Waals surface area contributed by atoms with Gasteiger partial charge in [-0.05, 0) is 67.1 Å². The van der Waals surface area contributed by atoms with Crippen molar-refractivity contribution >= 4 is 44.5 Å². The third kappa shape index (κ3) is 3.31. The zero-order valence-electron chi connectivity index (χ0n) is 19.1. The second-order valence-corrected chi connectivity index (χ2v) is 9.98. The Bertz CT molecular complexity index is 1630. The minimum Gasteiger partial charge on any atom is -0.0888 e. The van der Waals surface area contributed by atoms with Crippen molar-refractivity contribution in [2.45, 2.75) is 9.79 Å². The van der Waals surface area contributed by atoms with E-state index in [4.69, 9.17) is 0 Å². The summed E-state index contributed by atoms with van der Waals surface area (Å²) < 4.78 is 0. The molecule has 6 aromatic carbocycles. The van der Waals surface area contributed by atoms with Crippen molar-refractivity contribution in [2.75, 3.05) is 0 Å². The minimum absolute atomic E-state index is 1.26. The molecule has 0 fully saturated rings. The molecule has 0 bridgehead atoms. The summed E-state index contributed by atoms with van der Waals surface area (Å²) in [5.74, 6) is 0. The summed E-state index contributed by atoms with van der Waals surface area (Å²) in [6, 6.07) is 48.6. The van der Waals surface area contributed by atoms with Crippen LogP contribution in [0.1, 0.15) is 22.3 Å². The average Bonchev–Trinajstić information content (AvgIpc) is 2.93. The van der Waals surface area contributed by atoms with Crippen molar-refractivity contribution in [1.82, 2.24) is 0 Å². The van der Waals surface area contributed by atoms with Crippen molar-refractivity contribution in [3.63, 3.8) is 0 Å². The van der Waals surface area contributed by atoms with Gasteiger partial charge in [-0.2, -0.15) is 0 Å². The van der Waals surface area contributed by atoms with Crippen LogP contribution in [0.3, 0.4) is 0 Å². The van der Waals surface area contributed by atoms with Crippen molar-refractivity contribution < 1.29 is 0 Å². The Balaban J connectivity index is 1.71. The predicted octanol–water partition coefficient (Wildman–Crippen LogP) is 9.46. The SMILES string of the molecule is c1ccc2c(c1)Sc1ccccc1C2=C(c1cccc2ccccc12)c1cccc2ccccc12. The molecule has 0 unspecified atom stereocenters. The topological polar surface area (TPSA) is 0 Å². The van der Waals surface area contributed by atoms with Crippen LogP contribution >= 0.6 is 11.8 Å². The summed E-state index contributed by atoms with van der Waals surface area (Å²) >= 11 is 1.87. The molecule has 7 rings (SSSR count). The maximum atomic E-state index is 2.29. The van der Waals surface area contributed by atoms with E-state index in [0.717, 1.165) is 0 Å². The lowest BCUT2D eigenvalue weighted by Gasteiger charge is -2.26. The molecule has 164 valence electrons. The van der Waals surface area contributed by atoms with E-state index in [1.807, 2.05) is 11.8 Å². The maximum Gasteiger partial charge on any atom is 0.0201 e. The van der Waals surface area contributed by atoms with Crippen LogP contribution in [0.15, 0.2) is 143 Å². The van der Waals surface area contributed by atoms with Gasteiger partial charge in [0.1, 0.15) is 0 Å². The van der Waals surface area contributed by atoms with E-state index in [2.05, 4.69) is 133 Å². The smallest absolute Gasteiger partial charge is 0.0201 e. The first kappa shape index (κ1) is 20.3. The highest BCUT2D eigenvalue weighted by atomic mass is 32.2. The number of benzene rings is 6. The fourth-order valence-corrected chi connectivity index (χ4v) is 6.45. The van der Waals surface area contributed by atoms with Gasteiger partial charge in [0.15, 0.2) is 0 Å². The lowest BCUT2D eigenvalue weighted by Crippen LogP contribution is -2.04. The summed E-state index contributed by atoms with van der Waals surface area (Å²) in [7, 11) is 0. The summed E-state index contributed by atoms with van der Waals surface area (Å²) in [5, 5.41) is 5.07. The molecule has 1 aliphatic heterocycles. The van der Waals surface area contributed by atoms with E-state index >= 15 is 0 Å². The molecule has 0 nitrogen and oxygen atoms in total. The van der Waals surface area contributed by atoms with Gasteiger partial charge in [-0.25, -0.2) is 0 Å². The molecule has 0 amide bonds. The molecule has 1 aliphatic rings. The van der Waals surface area contributed by atoms with Crippen LogP contribution in [0, 0.1) is 0 Å². The van der Waals surface area contributed by atoms with Crippen molar-refractivity contribution in [1.29, 1.82) is 0 Å². The monoisotopic (exact) mass is 462 g/mol. The molecule has 0 spiro atoms. The second kappa shape index (κ2) is 8.30. The molecule has 0 radical (unpaired) electrons. The molecule has 6 aromatic rings. The highest BCUT2D eigenvalue weighted by Crippen LogP contribution is 2.50. The van der Waals surface area contributed by atoms with Crippen LogP contribution in [-0.4, -0.2) is 0 Å². The van der Waals surface area contributed by atoms with E-state index < -0.39 is 0 Å². The molecule has 0 saturated carbocycles. The fourth-order valence-electron chi connectivity index (χ4n) is 5.36. The fraction of sp³-hybridized carbons (Fsp3) is 0. The van der Waals surface area contributed by atoms with Crippen LogP contribution in [-0.2, 0) is 0 Å². The average molecular weight is 463 g/mol. The Morgan fingerprint density at radius 3 is 1.37 bits per heavy atom. The summed E-state index contributed by atoms with van der Waals surface area (Å²) in [4.78, 5) is 2.61. The highest BCUT2D eigenvalue weighted by Gasteiger charge is 2.26. The van der Waals surface area contributed by atoms with E-state index in [1.54, 1.807) is 0 Å². The third-order valence-electron chi connectivity index (χ3n) is 6.90. The number of hydrogen-bond acceptors (Lipinski definition) is 1. The molecule has 0 N–H and O–H groups in total. The quantitative estimate of drug-likeness (QED) is 0.246. The van der Waals surface area contributed by atoms with Gasteiger partial charge in [-0.15, -0.1) is 0 Å². The Kier molecular flexibility index (Phi) is 4.82. The molecular formula is C34H22S. The van der Waals surface area contributed by atoms with Gasteiger partial charge in [-0.1, -0.05) is 133 Å². The first-order valence-electron chi connectivity index (χ1n) is 12.0. The third-order valence-corrected chi connectivity index (χ3v) is 8.05. The first-order chi connectivity index (χ1) is 17.4. The molecule has 0 aromatic heterocycles. The molecule has 35 heavy (non-hydrogen) atoms. The van der Waals surface area contributed by atoms with Gasteiger partial charge in [-0.3, -0.25) is 0 Å². The molecule has 0 atom stereocenters. The zero-order chi connectivity index (χ0) is 23.2. The van der Waals surface area contributed by atoms with E-state index in [0.29, 0.717) is 0 Å². The van der Waals surface area contributed by atoms with Gasteiger partial charge in [0.25, 0.3) is 0 Å². The summed E-state index contributed by atoms with van der Waals surface area (Å²) in [6.07, 6.45) is 0. The lowest BCUT2D eigenvalue weighted by atomic mass is 9.82. The van der Waals surface area contributed by atoms with Crippen LogP contribution in [0.2, 0.25) is 0 Å². The van der Waals surface area contributed by atoms with E-state index in [9.17, 15) is 0 Å². The molecule has 0 saturated heterocycles. The molecule has 1 heterocycles. The Morgan fingerprint density at radius 1 is 0.400 bits per heavy atom. The van der Waals surface area contributed by atoms with Gasteiger partial charge < -0.3 is 0 Å². The second-order valence-electron chi connectivity index (χ2n) is 8.90. The van der Waals surface area contributed by atoms with Gasteiger partial charge in [0.05, 0.1) is 0 Å². The van der Waals surface area contributed by atoms with Gasteiger partial charge >= 0.3 is 0 Å². The normalized spacial score (nSPS) is 12.4. The Labute approximate surface area is 209 Å². The first-order valence-corrected chi connectivity index (χ1v) is 12.8. The van der Waals surface area contributed by atoms with E-state index in [1.165, 1.54) is 64.7 Å². The zero-order valence-corrected chi connectivity index (χ0v) is 19.9. The van der Waals surface area contributed by atoms with Gasteiger partial charge in [0, 0.05) is 9.79 Å². The number of fused-ring (bicyclic) bond motifs is 4. The highest BCUT2D eigenvalue weighted by molar-refractivity contribution is 7.99. The predicted molar refractivity (Wildman–Crippen MR) is 150 cm³/mol. The molecule has 0 aliphatic carbocycles. The summed E-state index contributed by atoms with van der Waals surface area (Å²) in [6.45, 7) is 0. The van der Waals surface area contributed by atoms with Gasteiger partial charge in [0.2, 0.25) is 0 Å². The van der Waals surface area contributed by atoms with Crippen LogP contribution < -0.4 is 0 Å². The minimum atomic E-state index is 1.26. The maximum absolute atomic E-state index is 2.29. The number of hydrogen-bond donors (Lipinski definition) is 0. The largest absolute Gasteiger partial charge is 0.0888 e. The Hall–Kier alpha value is -4.07.